The Morgan fingerprint density at radius 2 is 1.74 bits per heavy atom. The molecule has 0 saturated carbocycles. The Kier molecular flexibility index (Phi) is 7.28. The first kappa shape index (κ1) is 25.3. The third-order valence-electron chi connectivity index (χ3n) is 5.08. The average molecular weight is 558 g/mol. The number of benzene rings is 2. The number of amides is 1. The quantitative estimate of drug-likeness (QED) is 0.401. The molecule has 35 heavy (non-hydrogen) atoms. The zero-order valence-corrected chi connectivity index (χ0v) is 21.5. The molecule has 15 heteroatoms. The fourth-order valence-electron chi connectivity index (χ4n) is 3.33. The highest BCUT2D eigenvalue weighted by Gasteiger charge is 2.29. The number of halogens is 1. The van der Waals surface area contributed by atoms with Gasteiger partial charge in [0, 0.05) is 23.7 Å². The fraction of sp³-hybridized carbons (Fsp3) is 0.250. The van der Waals surface area contributed by atoms with E-state index in [0.29, 0.717) is 35.0 Å². The second-order valence-electron chi connectivity index (χ2n) is 7.41. The van der Waals surface area contributed by atoms with E-state index in [2.05, 4.69) is 20.2 Å². The van der Waals surface area contributed by atoms with Crippen molar-refractivity contribution in [2.75, 3.05) is 30.2 Å². The zero-order valence-electron chi connectivity index (χ0n) is 18.3. The van der Waals surface area contributed by atoms with Crippen LogP contribution in [0, 0.1) is 0 Å². The van der Waals surface area contributed by atoms with Crippen molar-refractivity contribution < 1.29 is 26.4 Å². The van der Waals surface area contributed by atoms with Crippen molar-refractivity contribution in [2.45, 2.75) is 22.1 Å². The largest absolute Gasteiger partial charge is 0.495 e. The van der Waals surface area contributed by atoms with Crippen LogP contribution in [0.5, 0.6) is 5.75 Å². The number of carbonyl (C=O) groups excluding carboxylic acids is 1. The summed E-state index contributed by atoms with van der Waals surface area (Å²) in [6.07, 6.45) is 1.53. The van der Waals surface area contributed by atoms with E-state index < -0.39 is 30.3 Å². The second-order valence-corrected chi connectivity index (χ2v) is 12.6. The van der Waals surface area contributed by atoms with E-state index in [1.807, 2.05) is 0 Å². The monoisotopic (exact) mass is 557 g/mol. The molecule has 11 nitrogen and oxygen atoms in total. The molecule has 1 aliphatic heterocycles. The van der Waals surface area contributed by atoms with E-state index >= 15 is 0 Å². The Hall–Kier alpha value is -2.78. The number of nitrogens with one attached hydrogen (secondary N) is 2. The van der Waals surface area contributed by atoms with Crippen LogP contribution in [0.4, 0.5) is 10.8 Å². The Morgan fingerprint density at radius 3 is 2.40 bits per heavy atom. The van der Waals surface area contributed by atoms with Crippen LogP contribution in [0.3, 0.4) is 0 Å². The lowest BCUT2D eigenvalue weighted by Crippen LogP contribution is -2.28. The third kappa shape index (κ3) is 5.56. The maximum absolute atomic E-state index is 12.9. The number of hydrogen-bond acceptors (Lipinski definition) is 9. The van der Waals surface area contributed by atoms with Crippen LogP contribution in [0.2, 0.25) is 5.02 Å². The number of anilines is 2. The molecule has 1 fully saturated rings. The highest BCUT2D eigenvalue weighted by atomic mass is 35.5. The number of hydrogen-bond donors (Lipinski definition) is 2. The minimum atomic E-state index is -4.27. The minimum absolute atomic E-state index is 0.0392. The van der Waals surface area contributed by atoms with Gasteiger partial charge in [-0.2, -0.15) is 12.7 Å². The molecular weight excluding hydrogens is 538 g/mol. The lowest BCUT2D eigenvalue weighted by Gasteiger charge is -2.17. The van der Waals surface area contributed by atoms with Gasteiger partial charge in [0.15, 0.2) is 0 Å². The molecule has 2 heterocycles. The van der Waals surface area contributed by atoms with Gasteiger partial charge in [-0.3, -0.25) is 14.8 Å². The number of aromatic nitrogens is 2. The summed E-state index contributed by atoms with van der Waals surface area (Å²) in [4.78, 5) is 12.3. The van der Waals surface area contributed by atoms with E-state index in [1.54, 1.807) is 12.1 Å². The van der Waals surface area contributed by atoms with Crippen LogP contribution in [0.25, 0.3) is 0 Å². The normalized spacial score (nSPS) is 14.6. The molecule has 0 atom stereocenters. The third-order valence-corrected chi connectivity index (χ3v) is 9.80. The maximum atomic E-state index is 12.9. The van der Waals surface area contributed by atoms with Crippen LogP contribution in [-0.2, 0) is 20.0 Å². The molecule has 0 spiro atoms. The predicted molar refractivity (Wildman–Crippen MR) is 131 cm³/mol. The summed E-state index contributed by atoms with van der Waals surface area (Å²) in [5, 5.41) is 10.3. The first-order chi connectivity index (χ1) is 16.6. The van der Waals surface area contributed by atoms with E-state index in [1.165, 1.54) is 41.7 Å². The molecule has 0 radical (unpaired) electrons. The molecule has 0 unspecified atom stereocenters. The first-order valence-electron chi connectivity index (χ1n) is 10.2. The van der Waals surface area contributed by atoms with Crippen molar-refractivity contribution in [3.8, 4) is 5.75 Å². The van der Waals surface area contributed by atoms with Gasteiger partial charge < -0.3 is 4.74 Å². The molecule has 2 N–H and O–H groups in total. The van der Waals surface area contributed by atoms with Crippen molar-refractivity contribution in [3.05, 3.63) is 53.1 Å². The lowest BCUT2D eigenvalue weighted by molar-refractivity contribution is 0.102. The summed E-state index contributed by atoms with van der Waals surface area (Å²) in [6, 6.07) is 10.0. The molecular formula is C20H20ClN5O6S3. The van der Waals surface area contributed by atoms with Crippen LogP contribution in [0.1, 0.15) is 23.2 Å². The summed E-state index contributed by atoms with van der Waals surface area (Å²) in [5.74, 6) is -0.397. The molecule has 3 aromatic rings. The van der Waals surface area contributed by atoms with Crippen LogP contribution in [0.15, 0.2) is 51.7 Å². The van der Waals surface area contributed by atoms with E-state index in [0.717, 1.165) is 12.8 Å². The molecule has 1 saturated heterocycles. The SMILES string of the molecule is COc1ccc(S(=O)(=O)N2CCCC2)cc1NS(=O)(=O)c1nnc(NC(=O)c2ccc(Cl)cc2)s1. The summed E-state index contributed by atoms with van der Waals surface area (Å²) in [6.45, 7) is 0.815. The number of carbonyl (C=O) groups is 1. The smallest absolute Gasteiger partial charge is 0.291 e. The van der Waals surface area contributed by atoms with Gasteiger partial charge in [0.25, 0.3) is 20.3 Å². The number of rotatable bonds is 8. The molecule has 0 bridgehead atoms. The first-order valence-corrected chi connectivity index (χ1v) is 14.3. The molecule has 186 valence electrons. The molecule has 1 aliphatic rings. The van der Waals surface area contributed by atoms with Crippen molar-refractivity contribution in [1.29, 1.82) is 0 Å². The highest BCUT2D eigenvalue weighted by molar-refractivity contribution is 7.94. The lowest BCUT2D eigenvalue weighted by atomic mass is 10.2. The van der Waals surface area contributed by atoms with E-state index in [9.17, 15) is 21.6 Å². The number of sulfonamides is 2. The maximum Gasteiger partial charge on any atom is 0.291 e. The predicted octanol–water partition coefficient (Wildman–Crippen LogP) is 3.04. The summed E-state index contributed by atoms with van der Waals surface area (Å²) >= 11 is 6.45. The average Bonchev–Trinajstić information content (AvgIpc) is 3.52. The van der Waals surface area contributed by atoms with Gasteiger partial charge in [-0.25, -0.2) is 8.42 Å². The van der Waals surface area contributed by atoms with Gasteiger partial charge in [-0.15, -0.1) is 10.2 Å². The van der Waals surface area contributed by atoms with Crippen LogP contribution < -0.4 is 14.8 Å². The fourth-order valence-corrected chi connectivity index (χ4v) is 6.96. The van der Waals surface area contributed by atoms with Gasteiger partial charge in [-0.1, -0.05) is 22.9 Å². The summed E-state index contributed by atoms with van der Waals surface area (Å²) in [7, 11) is -6.73. The summed E-state index contributed by atoms with van der Waals surface area (Å²) < 4.78 is 60.1. The van der Waals surface area contributed by atoms with E-state index in [-0.39, 0.29) is 21.5 Å². The molecule has 0 aliphatic carbocycles. The van der Waals surface area contributed by atoms with Crippen molar-refractivity contribution in [2.24, 2.45) is 0 Å². The van der Waals surface area contributed by atoms with Crippen molar-refractivity contribution in [3.63, 3.8) is 0 Å². The van der Waals surface area contributed by atoms with Crippen LogP contribution in [-0.4, -0.2) is 57.4 Å². The van der Waals surface area contributed by atoms with Gasteiger partial charge in [0.1, 0.15) is 5.75 Å². The Balaban J connectivity index is 1.55. The van der Waals surface area contributed by atoms with Gasteiger partial charge in [0.05, 0.1) is 17.7 Å². The molecule has 1 amide bonds. The Labute approximate surface area is 211 Å². The topological polar surface area (TPSA) is 148 Å². The minimum Gasteiger partial charge on any atom is -0.495 e. The van der Waals surface area contributed by atoms with Crippen molar-refractivity contribution in [1.82, 2.24) is 14.5 Å². The van der Waals surface area contributed by atoms with Gasteiger partial charge >= 0.3 is 0 Å². The second kappa shape index (κ2) is 10.1. The highest BCUT2D eigenvalue weighted by Crippen LogP contribution is 2.32. The molecule has 2 aromatic carbocycles. The van der Waals surface area contributed by atoms with Crippen molar-refractivity contribution >= 4 is 59.7 Å². The van der Waals surface area contributed by atoms with Crippen LogP contribution >= 0.6 is 22.9 Å². The van der Waals surface area contributed by atoms with Gasteiger partial charge in [0.2, 0.25) is 15.2 Å². The zero-order chi connectivity index (χ0) is 25.2. The molecule has 1 aromatic heterocycles. The standard InChI is InChI=1S/C20H20ClN5O6S3/c1-32-17-9-8-15(35(30,31)26-10-2-3-11-26)12-16(17)25-34(28,29)20-24-23-19(33-20)22-18(27)13-4-6-14(21)7-5-13/h4-9,12,25H,2-3,10-11H2,1H3,(H,22,23,27). The Bertz CT molecular complexity index is 1450. The van der Waals surface area contributed by atoms with E-state index in [4.69, 9.17) is 16.3 Å². The number of nitrogens with zero attached hydrogens (tertiary/aromatic N) is 3. The summed E-state index contributed by atoms with van der Waals surface area (Å²) in [5.41, 5.74) is 0.225. The van der Waals surface area contributed by atoms with Gasteiger partial charge in [-0.05, 0) is 55.3 Å². The Morgan fingerprint density at radius 1 is 1.06 bits per heavy atom. The molecule has 4 rings (SSSR count). The number of methoxy groups -OCH3 is 1. The number of ether oxygens (including phenoxy) is 1.